The van der Waals surface area contributed by atoms with Crippen LogP contribution in [0.1, 0.15) is 29.8 Å². The molecule has 2 aromatic carbocycles. The van der Waals surface area contributed by atoms with Crippen LogP contribution < -0.4 is 10.9 Å². The minimum Gasteiger partial charge on any atom is -0.367 e. The van der Waals surface area contributed by atoms with Gasteiger partial charge >= 0.3 is 6.18 Å². The highest BCUT2D eigenvalue weighted by Crippen LogP contribution is 2.16. The summed E-state index contributed by atoms with van der Waals surface area (Å²) in [5.74, 6) is 0.403. The molecule has 0 unspecified atom stereocenters. The molecule has 0 atom stereocenters. The number of ether oxygens (including phenoxy) is 1. The van der Waals surface area contributed by atoms with Crippen molar-refractivity contribution >= 4 is 16.8 Å². The minimum absolute atomic E-state index is 0.128. The molecule has 31 heavy (non-hydrogen) atoms. The van der Waals surface area contributed by atoms with Crippen molar-refractivity contribution < 1.29 is 22.7 Å². The number of halogens is 3. The number of alkyl halides is 3. The van der Waals surface area contributed by atoms with Gasteiger partial charge in [-0.05, 0) is 29.7 Å². The number of aryl methyl sites for hydroxylation is 1. The Labute approximate surface area is 176 Å². The Hall–Kier alpha value is -3.20. The monoisotopic (exact) mass is 433 g/mol. The second-order valence-corrected chi connectivity index (χ2v) is 7.08. The first-order valence-corrected chi connectivity index (χ1v) is 9.77. The summed E-state index contributed by atoms with van der Waals surface area (Å²) in [5.41, 5.74) is 1.87. The molecular formula is C22H22F3N3O3. The van der Waals surface area contributed by atoms with E-state index in [-0.39, 0.29) is 24.5 Å². The number of hydrogen-bond donors (Lipinski definition) is 2. The molecule has 2 N–H and O–H groups in total. The number of nitrogens with one attached hydrogen (secondary N) is 2. The van der Waals surface area contributed by atoms with Gasteiger partial charge in [0.25, 0.3) is 5.56 Å². The number of aromatic nitrogens is 2. The SMILES string of the molecule is O=C(CCCc1nc2ccccc2c(=O)[nH]1)NCc1ccc(COCC(F)(F)F)cc1. The van der Waals surface area contributed by atoms with Crippen molar-refractivity contribution in [2.45, 2.75) is 38.6 Å². The number of rotatable bonds is 9. The predicted molar refractivity (Wildman–Crippen MR) is 109 cm³/mol. The Morgan fingerprint density at radius 2 is 1.77 bits per heavy atom. The van der Waals surface area contributed by atoms with E-state index in [0.717, 1.165) is 5.56 Å². The first-order valence-electron chi connectivity index (χ1n) is 9.77. The van der Waals surface area contributed by atoms with Crippen molar-refractivity contribution in [1.29, 1.82) is 0 Å². The van der Waals surface area contributed by atoms with Crippen LogP contribution >= 0.6 is 0 Å². The zero-order chi connectivity index (χ0) is 22.3. The fourth-order valence-electron chi connectivity index (χ4n) is 3.00. The van der Waals surface area contributed by atoms with Crippen molar-refractivity contribution in [1.82, 2.24) is 15.3 Å². The molecule has 0 aliphatic carbocycles. The van der Waals surface area contributed by atoms with Crippen molar-refractivity contribution in [3.63, 3.8) is 0 Å². The molecule has 3 aromatic rings. The molecule has 6 nitrogen and oxygen atoms in total. The highest BCUT2D eigenvalue weighted by Gasteiger charge is 2.27. The maximum absolute atomic E-state index is 12.1. The van der Waals surface area contributed by atoms with Gasteiger partial charge in [0.05, 0.1) is 17.5 Å². The molecule has 3 rings (SSSR count). The molecule has 0 bridgehead atoms. The average molecular weight is 433 g/mol. The topological polar surface area (TPSA) is 84.1 Å². The summed E-state index contributed by atoms with van der Waals surface area (Å²) in [6, 6.07) is 13.9. The van der Waals surface area contributed by atoms with Crippen LogP contribution in [0.3, 0.4) is 0 Å². The third-order valence-corrected chi connectivity index (χ3v) is 4.53. The van der Waals surface area contributed by atoms with E-state index in [1.54, 1.807) is 42.5 Å². The van der Waals surface area contributed by atoms with Gasteiger partial charge in [-0.1, -0.05) is 36.4 Å². The third kappa shape index (κ3) is 7.21. The lowest BCUT2D eigenvalue weighted by atomic mass is 10.1. The van der Waals surface area contributed by atoms with E-state index in [1.807, 2.05) is 6.07 Å². The van der Waals surface area contributed by atoms with Gasteiger partial charge in [-0.15, -0.1) is 0 Å². The number of aromatic amines is 1. The molecular weight excluding hydrogens is 411 g/mol. The molecule has 1 aromatic heterocycles. The van der Waals surface area contributed by atoms with E-state index in [0.29, 0.717) is 41.7 Å². The number of carbonyl (C=O) groups is 1. The summed E-state index contributed by atoms with van der Waals surface area (Å²) >= 11 is 0. The normalized spacial score (nSPS) is 11.6. The lowest BCUT2D eigenvalue weighted by molar-refractivity contribution is -0.176. The number of benzene rings is 2. The smallest absolute Gasteiger partial charge is 0.367 e. The van der Waals surface area contributed by atoms with Gasteiger partial charge in [-0.3, -0.25) is 9.59 Å². The molecule has 0 saturated carbocycles. The number of para-hydroxylation sites is 1. The second-order valence-electron chi connectivity index (χ2n) is 7.08. The van der Waals surface area contributed by atoms with Crippen LogP contribution in [0.2, 0.25) is 0 Å². The molecule has 1 heterocycles. The largest absolute Gasteiger partial charge is 0.411 e. The molecule has 164 valence electrons. The van der Waals surface area contributed by atoms with Crippen molar-refractivity contribution in [2.24, 2.45) is 0 Å². The molecule has 0 fully saturated rings. The highest BCUT2D eigenvalue weighted by atomic mass is 19.4. The summed E-state index contributed by atoms with van der Waals surface area (Å²) < 4.78 is 40.8. The molecule has 1 amide bonds. The fraction of sp³-hybridized carbons (Fsp3) is 0.318. The Bertz CT molecular complexity index is 1080. The van der Waals surface area contributed by atoms with Gasteiger partial charge in [0.2, 0.25) is 5.91 Å². The Morgan fingerprint density at radius 1 is 1.06 bits per heavy atom. The van der Waals surface area contributed by atoms with Gasteiger partial charge in [-0.25, -0.2) is 4.98 Å². The average Bonchev–Trinajstić information content (AvgIpc) is 2.72. The molecule has 0 aliphatic rings. The van der Waals surface area contributed by atoms with E-state index >= 15 is 0 Å². The highest BCUT2D eigenvalue weighted by molar-refractivity contribution is 5.77. The van der Waals surface area contributed by atoms with Gasteiger partial charge in [0.1, 0.15) is 12.4 Å². The quantitative estimate of drug-likeness (QED) is 0.540. The van der Waals surface area contributed by atoms with E-state index in [1.165, 1.54) is 0 Å². The van der Waals surface area contributed by atoms with Crippen molar-refractivity contribution in [2.75, 3.05) is 6.61 Å². The Morgan fingerprint density at radius 3 is 2.52 bits per heavy atom. The number of fused-ring (bicyclic) bond motifs is 1. The van der Waals surface area contributed by atoms with Crippen LogP contribution in [-0.4, -0.2) is 28.7 Å². The van der Waals surface area contributed by atoms with Crippen LogP contribution in [0, 0.1) is 0 Å². The van der Waals surface area contributed by atoms with Crippen LogP contribution in [-0.2, 0) is 29.1 Å². The number of H-pyrrole nitrogens is 1. The summed E-state index contributed by atoms with van der Waals surface area (Å²) in [4.78, 5) is 31.3. The van der Waals surface area contributed by atoms with Gasteiger partial charge in [-0.2, -0.15) is 13.2 Å². The van der Waals surface area contributed by atoms with Gasteiger partial charge in [0, 0.05) is 19.4 Å². The summed E-state index contributed by atoms with van der Waals surface area (Å²) in [7, 11) is 0. The number of hydrogen-bond acceptors (Lipinski definition) is 4. The van der Waals surface area contributed by atoms with Crippen LogP contribution in [0.4, 0.5) is 13.2 Å². The number of carbonyl (C=O) groups excluding carboxylic acids is 1. The van der Waals surface area contributed by atoms with Crippen LogP contribution in [0.5, 0.6) is 0 Å². The van der Waals surface area contributed by atoms with Crippen LogP contribution in [0.25, 0.3) is 10.9 Å². The lowest BCUT2D eigenvalue weighted by Gasteiger charge is -2.09. The van der Waals surface area contributed by atoms with E-state index < -0.39 is 12.8 Å². The number of amides is 1. The maximum Gasteiger partial charge on any atom is 0.411 e. The lowest BCUT2D eigenvalue weighted by Crippen LogP contribution is -2.22. The second kappa shape index (κ2) is 10.2. The Balaban J connectivity index is 1.40. The molecule has 9 heteroatoms. The molecule has 0 aliphatic heterocycles. The minimum atomic E-state index is -4.34. The molecule has 0 saturated heterocycles. The van der Waals surface area contributed by atoms with E-state index in [4.69, 9.17) is 0 Å². The Kier molecular flexibility index (Phi) is 7.41. The van der Waals surface area contributed by atoms with Crippen molar-refractivity contribution in [3.05, 3.63) is 75.8 Å². The van der Waals surface area contributed by atoms with Crippen LogP contribution in [0.15, 0.2) is 53.3 Å². The van der Waals surface area contributed by atoms with Gasteiger partial charge < -0.3 is 15.0 Å². The third-order valence-electron chi connectivity index (χ3n) is 4.53. The first-order chi connectivity index (χ1) is 14.8. The maximum atomic E-state index is 12.1. The fourth-order valence-corrected chi connectivity index (χ4v) is 3.00. The number of nitrogens with zero attached hydrogens (tertiary/aromatic N) is 1. The zero-order valence-corrected chi connectivity index (χ0v) is 16.7. The predicted octanol–water partition coefficient (Wildman–Crippen LogP) is 3.64. The summed E-state index contributed by atoms with van der Waals surface area (Å²) in [6.07, 6.45) is -3.06. The molecule has 0 spiro atoms. The summed E-state index contributed by atoms with van der Waals surface area (Å²) in [6.45, 7) is -1.10. The summed E-state index contributed by atoms with van der Waals surface area (Å²) in [5, 5.41) is 3.33. The van der Waals surface area contributed by atoms with Gasteiger partial charge in [0.15, 0.2) is 0 Å². The first kappa shape index (κ1) is 22.5. The standard InChI is InChI=1S/C22H22F3N3O3/c23-22(24,25)14-31-13-16-10-8-15(9-11-16)12-26-20(29)7-3-6-19-27-18-5-2-1-4-17(18)21(30)28-19/h1-2,4-5,8-11H,3,6-7,12-14H2,(H,26,29)(H,27,28,30). The van der Waals surface area contributed by atoms with E-state index in [9.17, 15) is 22.8 Å². The molecule has 0 radical (unpaired) electrons. The zero-order valence-electron chi connectivity index (χ0n) is 16.7. The van der Waals surface area contributed by atoms with Crippen molar-refractivity contribution in [3.8, 4) is 0 Å². The van der Waals surface area contributed by atoms with E-state index in [2.05, 4.69) is 20.0 Å².